The van der Waals surface area contributed by atoms with Crippen LogP contribution in [-0.2, 0) is 4.74 Å². The molecule has 4 nitrogen and oxygen atoms in total. The van der Waals surface area contributed by atoms with Crippen LogP contribution in [0.15, 0.2) is 18.2 Å². The molecular formula is C10H12O4. The van der Waals surface area contributed by atoms with Gasteiger partial charge < -0.3 is 14.6 Å². The molecule has 76 valence electrons. The van der Waals surface area contributed by atoms with Gasteiger partial charge in [-0.05, 0) is 19.1 Å². The number of para-hydroxylation sites is 1. The molecule has 0 saturated carbocycles. The minimum Gasteiger partial charge on any atom is -0.504 e. The number of hydrogen-bond donors (Lipinski definition) is 1. The Kier molecular flexibility index (Phi) is 3.34. The summed E-state index contributed by atoms with van der Waals surface area (Å²) in [5.41, 5.74) is 0.231. The normalized spacial score (nSPS) is 9.57. The minimum atomic E-state index is -0.500. The second-order valence-corrected chi connectivity index (χ2v) is 2.58. The van der Waals surface area contributed by atoms with Crippen molar-refractivity contribution in [3.05, 3.63) is 23.8 Å². The maximum atomic E-state index is 11.4. The standard InChI is InChI=1S/C10H12O4/c1-3-14-10(12)7-5-4-6-8(11)9(7)13-2/h4-6,11H,3H2,1-2H3. The topological polar surface area (TPSA) is 55.8 Å². The lowest BCUT2D eigenvalue weighted by Crippen LogP contribution is -2.06. The van der Waals surface area contributed by atoms with Gasteiger partial charge in [0.25, 0.3) is 0 Å². The Balaban J connectivity index is 3.07. The van der Waals surface area contributed by atoms with E-state index < -0.39 is 5.97 Å². The van der Waals surface area contributed by atoms with Crippen LogP contribution >= 0.6 is 0 Å². The van der Waals surface area contributed by atoms with Gasteiger partial charge in [0.05, 0.1) is 13.7 Å². The van der Waals surface area contributed by atoms with Gasteiger partial charge in [-0.15, -0.1) is 0 Å². The Hall–Kier alpha value is -1.71. The van der Waals surface area contributed by atoms with Crippen molar-refractivity contribution >= 4 is 5.97 Å². The molecule has 0 bridgehead atoms. The molecule has 0 aromatic heterocycles. The van der Waals surface area contributed by atoms with Gasteiger partial charge in [-0.25, -0.2) is 4.79 Å². The van der Waals surface area contributed by atoms with Gasteiger partial charge in [-0.2, -0.15) is 0 Å². The summed E-state index contributed by atoms with van der Waals surface area (Å²) in [4.78, 5) is 11.4. The van der Waals surface area contributed by atoms with E-state index in [-0.39, 0.29) is 23.7 Å². The first-order chi connectivity index (χ1) is 6.70. The summed E-state index contributed by atoms with van der Waals surface area (Å²) >= 11 is 0. The highest BCUT2D eigenvalue weighted by Crippen LogP contribution is 2.29. The van der Waals surface area contributed by atoms with Crippen molar-refractivity contribution in [1.82, 2.24) is 0 Å². The Morgan fingerprint density at radius 3 is 2.79 bits per heavy atom. The zero-order chi connectivity index (χ0) is 10.6. The van der Waals surface area contributed by atoms with Crippen LogP contribution in [0.2, 0.25) is 0 Å². The number of phenols is 1. The molecule has 14 heavy (non-hydrogen) atoms. The van der Waals surface area contributed by atoms with E-state index >= 15 is 0 Å². The zero-order valence-corrected chi connectivity index (χ0v) is 8.11. The first-order valence-corrected chi connectivity index (χ1v) is 4.23. The van der Waals surface area contributed by atoms with Gasteiger partial charge in [-0.3, -0.25) is 0 Å². The van der Waals surface area contributed by atoms with Crippen LogP contribution in [0, 0.1) is 0 Å². The number of phenolic OH excluding ortho intramolecular Hbond substituents is 1. The molecule has 1 rings (SSSR count). The Bertz CT molecular complexity index is 333. The molecule has 0 unspecified atom stereocenters. The number of esters is 1. The molecule has 0 heterocycles. The van der Waals surface area contributed by atoms with Crippen LogP contribution in [0.3, 0.4) is 0 Å². The monoisotopic (exact) mass is 196 g/mol. The van der Waals surface area contributed by atoms with E-state index in [0.717, 1.165) is 0 Å². The molecule has 0 amide bonds. The van der Waals surface area contributed by atoms with Crippen molar-refractivity contribution in [1.29, 1.82) is 0 Å². The van der Waals surface area contributed by atoms with Crippen LogP contribution < -0.4 is 4.74 Å². The van der Waals surface area contributed by atoms with Gasteiger partial charge in [0, 0.05) is 0 Å². The largest absolute Gasteiger partial charge is 0.504 e. The van der Waals surface area contributed by atoms with Crippen molar-refractivity contribution in [2.75, 3.05) is 13.7 Å². The number of carbonyl (C=O) groups is 1. The van der Waals surface area contributed by atoms with Crippen LogP contribution in [0.4, 0.5) is 0 Å². The summed E-state index contributed by atoms with van der Waals surface area (Å²) in [6.07, 6.45) is 0. The van der Waals surface area contributed by atoms with Crippen molar-refractivity contribution in [3.63, 3.8) is 0 Å². The van der Waals surface area contributed by atoms with Gasteiger partial charge in [0.1, 0.15) is 5.56 Å². The van der Waals surface area contributed by atoms with Gasteiger partial charge in [-0.1, -0.05) is 6.07 Å². The highest BCUT2D eigenvalue weighted by Gasteiger charge is 2.15. The van der Waals surface area contributed by atoms with E-state index in [2.05, 4.69) is 0 Å². The number of rotatable bonds is 3. The number of hydrogen-bond acceptors (Lipinski definition) is 4. The molecular weight excluding hydrogens is 184 g/mol. The number of benzene rings is 1. The summed E-state index contributed by atoms with van der Waals surface area (Å²) in [5, 5.41) is 9.38. The van der Waals surface area contributed by atoms with E-state index in [9.17, 15) is 9.90 Å². The second kappa shape index (κ2) is 4.50. The number of aromatic hydroxyl groups is 1. The first kappa shape index (κ1) is 10.4. The fraction of sp³-hybridized carbons (Fsp3) is 0.300. The van der Waals surface area contributed by atoms with E-state index in [1.165, 1.54) is 19.2 Å². The molecule has 0 atom stereocenters. The molecule has 0 aliphatic carbocycles. The van der Waals surface area contributed by atoms with Crippen LogP contribution in [0.25, 0.3) is 0 Å². The number of methoxy groups -OCH3 is 1. The third-order valence-electron chi connectivity index (χ3n) is 1.69. The molecule has 0 radical (unpaired) electrons. The summed E-state index contributed by atoms with van der Waals surface area (Å²) in [6, 6.07) is 4.54. The Morgan fingerprint density at radius 1 is 1.50 bits per heavy atom. The van der Waals surface area contributed by atoms with E-state index in [4.69, 9.17) is 9.47 Å². The van der Waals surface area contributed by atoms with E-state index in [1.54, 1.807) is 13.0 Å². The quantitative estimate of drug-likeness (QED) is 0.745. The van der Waals surface area contributed by atoms with Crippen molar-refractivity contribution in [2.45, 2.75) is 6.92 Å². The maximum absolute atomic E-state index is 11.4. The first-order valence-electron chi connectivity index (χ1n) is 4.23. The predicted molar refractivity (Wildman–Crippen MR) is 50.6 cm³/mol. The van der Waals surface area contributed by atoms with E-state index in [0.29, 0.717) is 0 Å². The Morgan fingerprint density at radius 2 is 2.21 bits per heavy atom. The van der Waals surface area contributed by atoms with Crippen LogP contribution in [0.5, 0.6) is 11.5 Å². The fourth-order valence-corrected chi connectivity index (χ4v) is 1.11. The zero-order valence-electron chi connectivity index (χ0n) is 8.11. The smallest absolute Gasteiger partial charge is 0.342 e. The average molecular weight is 196 g/mol. The van der Waals surface area contributed by atoms with E-state index in [1.807, 2.05) is 0 Å². The molecule has 1 aromatic rings. The third kappa shape index (κ3) is 1.96. The van der Waals surface area contributed by atoms with Gasteiger partial charge >= 0.3 is 5.97 Å². The summed E-state index contributed by atoms with van der Waals surface area (Å²) in [5.74, 6) is -0.427. The molecule has 0 saturated heterocycles. The average Bonchev–Trinajstić information content (AvgIpc) is 2.17. The highest BCUT2D eigenvalue weighted by molar-refractivity contribution is 5.93. The lowest BCUT2D eigenvalue weighted by atomic mass is 10.2. The third-order valence-corrected chi connectivity index (χ3v) is 1.69. The lowest BCUT2D eigenvalue weighted by Gasteiger charge is -2.08. The van der Waals surface area contributed by atoms with Gasteiger partial charge in [0.2, 0.25) is 0 Å². The maximum Gasteiger partial charge on any atom is 0.342 e. The van der Waals surface area contributed by atoms with Gasteiger partial charge in [0.15, 0.2) is 11.5 Å². The molecule has 4 heteroatoms. The summed E-state index contributed by atoms with van der Waals surface area (Å²) in [6.45, 7) is 2.00. The molecule has 1 aromatic carbocycles. The minimum absolute atomic E-state index is 0.0712. The predicted octanol–water partition coefficient (Wildman–Crippen LogP) is 1.58. The lowest BCUT2D eigenvalue weighted by molar-refractivity contribution is 0.0522. The molecule has 1 N–H and O–H groups in total. The second-order valence-electron chi connectivity index (χ2n) is 2.58. The van der Waals surface area contributed by atoms with Crippen LogP contribution in [0.1, 0.15) is 17.3 Å². The molecule has 0 aliphatic heterocycles. The van der Waals surface area contributed by atoms with Crippen molar-refractivity contribution in [3.8, 4) is 11.5 Å². The highest BCUT2D eigenvalue weighted by atomic mass is 16.5. The molecule has 0 fully saturated rings. The van der Waals surface area contributed by atoms with Crippen molar-refractivity contribution < 1.29 is 19.4 Å². The number of carbonyl (C=O) groups excluding carboxylic acids is 1. The SMILES string of the molecule is CCOC(=O)c1cccc(O)c1OC. The van der Waals surface area contributed by atoms with Crippen molar-refractivity contribution in [2.24, 2.45) is 0 Å². The fourth-order valence-electron chi connectivity index (χ4n) is 1.11. The van der Waals surface area contributed by atoms with Crippen LogP contribution in [-0.4, -0.2) is 24.8 Å². The molecule has 0 spiro atoms. The molecule has 0 aliphatic rings. The number of ether oxygens (including phenoxy) is 2. The summed E-state index contributed by atoms with van der Waals surface area (Å²) in [7, 11) is 1.39. The summed E-state index contributed by atoms with van der Waals surface area (Å²) < 4.78 is 9.69. The Labute approximate surface area is 82.1 Å².